The van der Waals surface area contributed by atoms with E-state index in [0.29, 0.717) is 0 Å². The van der Waals surface area contributed by atoms with E-state index in [-0.39, 0.29) is 11.8 Å². The average molecular weight is 307 g/mol. The zero-order valence-corrected chi connectivity index (χ0v) is 13.2. The number of para-hydroxylation sites is 1. The second-order valence-corrected chi connectivity index (χ2v) is 7.10. The minimum Gasteiger partial charge on any atom is -0.472 e. The van der Waals surface area contributed by atoms with Crippen LogP contribution < -0.4 is 5.32 Å². The molecule has 2 aliphatic carbocycles. The number of rotatable bonds is 0. The molecule has 2 heterocycles. The van der Waals surface area contributed by atoms with Crippen LogP contribution >= 0.6 is 0 Å². The van der Waals surface area contributed by atoms with Gasteiger partial charge in [-0.1, -0.05) is 30.2 Å². The molecule has 1 aromatic rings. The van der Waals surface area contributed by atoms with Crippen molar-refractivity contribution < 1.29 is 9.53 Å². The molecule has 1 N–H and O–H groups in total. The van der Waals surface area contributed by atoms with Gasteiger partial charge in [0.2, 0.25) is 5.60 Å². The van der Waals surface area contributed by atoms with Gasteiger partial charge in [-0.2, -0.15) is 0 Å². The highest BCUT2D eigenvalue weighted by Gasteiger charge is 2.58. The van der Waals surface area contributed by atoms with Crippen molar-refractivity contribution in [3.05, 3.63) is 52.8 Å². The van der Waals surface area contributed by atoms with Gasteiger partial charge in [-0.25, -0.2) is 0 Å². The van der Waals surface area contributed by atoms with Crippen LogP contribution in [-0.2, 0) is 15.1 Å². The number of amides is 1. The highest BCUT2D eigenvalue weighted by Crippen LogP contribution is 2.57. The van der Waals surface area contributed by atoms with Crippen LogP contribution in [0.1, 0.15) is 50.5 Å². The third-order valence-corrected chi connectivity index (χ3v) is 5.93. The lowest BCUT2D eigenvalue weighted by atomic mass is 9.67. The predicted molar refractivity (Wildman–Crippen MR) is 88.8 cm³/mol. The summed E-state index contributed by atoms with van der Waals surface area (Å²) in [5, 5.41) is 3.07. The van der Waals surface area contributed by atoms with E-state index in [1.54, 1.807) is 0 Å². The minimum absolute atomic E-state index is 0.0219. The van der Waals surface area contributed by atoms with Crippen molar-refractivity contribution in [2.75, 3.05) is 5.32 Å². The number of hydrogen-bond donors (Lipinski definition) is 1. The summed E-state index contributed by atoms with van der Waals surface area (Å²) < 4.78 is 6.54. The van der Waals surface area contributed by atoms with Gasteiger partial charge in [0.25, 0.3) is 5.91 Å². The van der Waals surface area contributed by atoms with Crippen molar-refractivity contribution in [3.63, 3.8) is 0 Å². The highest BCUT2D eigenvalue weighted by molar-refractivity contribution is 6.06. The van der Waals surface area contributed by atoms with Crippen LogP contribution in [0, 0.1) is 5.92 Å². The molecule has 5 rings (SSSR count). The lowest BCUT2D eigenvalue weighted by Crippen LogP contribution is -2.48. The second-order valence-electron chi connectivity index (χ2n) is 7.10. The van der Waals surface area contributed by atoms with E-state index in [0.717, 1.165) is 42.7 Å². The SMILES string of the molecule is O=C1Nc2ccccc2C12OC1=CCCCC1=C1CCCCC12. The standard InChI is InChI=1S/C20H21NO2/c22-19-20(16-10-4-5-11-17(16)21-19)15-9-3-1-7-13(15)14-8-2-6-12-18(14)23-20/h4-5,10-12,15H,1-3,6-9H2,(H,21,22). The second kappa shape index (κ2) is 4.73. The van der Waals surface area contributed by atoms with Crippen LogP contribution in [0.2, 0.25) is 0 Å². The molecule has 1 spiro atoms. The van der Waals surface area contributed by atoms with Crippen molar-refractivity contribution in [1.82, 2.24) is 0 Å². The zero-order valence-electron chi connectivity index (χ0n) is 13.2. The van der Waals surface area contributed by atoms with Gasteiger partial charge in [0, 0.05) is 17.2 Å². The van der Waals surface area contributed by atoms with Gasteiger partial charge < -0.3 is 10.1 Å². The first-order chi connectivity index (χ1) is 11.3. The lowest BCUT2D eigenvalue weighted by molar-refractivity contribution is -0.144. The Labute approximate surface area is 136 Å². The third-order valence-electron chi connectivity index (χ3n) is 5.93. The van der Waals surface area contributed by atoms with Crippen LogP contribution in [0.25, 0.3) is 0 Å². The van der Waals surface area contributed by atoms with Crippen molar-refractivity contribution in [2.24, 2.45) is 5.92 Å². The van der Waals surface area contributed by atoms with Gasteiger partial charge in [0.15, 0.2) is 0 Å². The van der Waals surface area contributed by atoms with Gasteiger partial charge in [-0.3, -0.25) is 4.79 Å². The smallest absolute Gasteiger partial charge is 0.274 e. The number of fused-ring (bicyclic) bond motifs is 5. The molecule has 23 heavy (non-hydrogen) atoms. The van der Waals surface area contributed by atoms with E-state index in [1.165, 1.54) is 30.4 Å². The van der Waals surface area contributed by atoms with E-state index in [9.17, 15) is 4.79 Å². The van der Waals surface area contributed by atoms with Crippen LogP contribution in [-0.4, -0.2) is 5.91 Å². The minimum atomic E-state index is -0.834. The molecule has 0 saturated heterocycles. The number of ether oxygens (including phenoxy) is 1. The summed E-state index contributed by atoms with van der Waals surface area (Å²) in [7, 11) is 0. The van der Waals surface area contributed by atoms with Crippen LogP contribution in [0.15, 0.2) is 47.2 Å². The molecule has 3 heteroatoms. The van der Waals surface area contributed by atoms with E-state index in [1.807, 2.05) is 18.2 Å². The van der Waals surface area contributed by atoms with Gasteiger partial charge in [-0.05, 0) is 56.2 Å². The molecule has 0 bridgehead atoms. The number of carbonyl (C=O) groups excluding carboxylic acids is 1. The van der Waals surface area contributed by atoms with Crippen LogP contribution in [0.3, 0.4) is 0 Å². The molecular formula is C20H21NO2. The van der Waals surface area contributed by atoms with Gasteiger partial charge >= 0.3 is 0 Å². The first-order valence-electron chi connectivity index (χ1n) is 8.83. The van der Waals surface area contributed by atoms with Gasteiger partial charge in [0.1, 0.15) is 5.76 Å². The topological polar surface area (TPSA) is 38.3 Å². The maximum atomic E-state index is 13.1. The Kier molecular flexibility index (Phi) is 2.76. The number of nitrogens with one attached hydrogen (secondary N) is 1. The Hall–Kier alpha value is -2.03. The zero-order chi connectivity index (χ0) is 15.4. The van der Waals surface area contributed by atoms with Crippen molar-refractivity contribution in [3.8, 4) is 0 Å². The highest BCUT2D eigenvalue weighted by atomic mass is 16.5. The molecule has 1 aromatic carbocycles. The summed E-state index contributed by atoms with van der Waals surface area (Å²) in [5.74, 6) is 1.20. The molecule has 1 amide bonds. The summed E-state index contributed by atoms with van der Waals surface area (Å²) in [5.41, 5.74) is 4.02. The summed E-state index contributed by atoms with van der Waals surface area (Å²) in [4.78, 5) is 13.1. The Balaban J connectivity index is 1.75. The quantitative estimate of drug-likeness (QED) is 0.770. The maximum absolute atomic E-state index is 13.1. The van der Waals surface area contributed by atoms with E-state index < -0.39 is 5.60 Å². The molecule has 2 unspecified atom stereocenters. The number of anilines is 1. The van der Waals surface area contributed by atoms with Crippen molar-refractivity contribution in [1.29, 1.82) is 0 Å². The first-order valence-corrected chi connectivity index (χ1v) is 8.83. The fraction of sp³-hybridized carbons (Fsp3) is 0.450. The summed E-state index contributed by atoms with van der Waals surface area (Å²) in [6, 6.07) is 8.04. The Morgan fingerprint density at radius 3 is 3.00 bits per heavy atom. The fourth-order valence-electron chi connectivity index (χ4n) is 4.95. The fourth-order valence-corrected chi connectivity index (χ4v) is 4.95. The van der Waals surface area contributed by atoms with E-state index in [2.05, 4.69) is 17.5 Å². The molecular weight excluding hydrogens is 286 g/mol. The monoisotopic (exact) mass is 307 g/mol. The Morgan fingerprint density at radius 2 is 2.04 bits per heavy atom. The summed E-state index contributed by atoms with van der Waals surface area (Å²) >= 11 is 0. The maximum Gasteiger partial charge on any atom is 0.274 e. The molecule has 2 aliphatic heterocycles. The normalized spacial score (nSPS) is 31.7. The number of carbonyl (C=O) groups is 1. The average Bonchev–Trinajstić information content (AvgIpc) is 2.88. The summed E-state index contributed by atoms with van der Waals surface area (Å²) in [6.45, 7) is 0. The van der Waals surface area contributed by atoms with Crippen LogP contribution in [0.4, 0.5) is 5.69 Å². The van der Waals surface area contributed by atoms with Gasteiger partial charge in [0.05, 0.1) is 0 Å². The summed E-state index contributed by atoms with van der Waals surface area (Å²) in [6.07, 6.45) is 10.2. The molecule has 3 nitrogen and oxygen atoms in total. The Morgan fingerprint density at radius 1 is 1.13 bits per heavy atom. The molecule has 0 radical (unpaired) electrons. The van der Waals surface area contributed by atoms with Crippen molar-refractivity contribution >= 4 is 11.6 Å². The molecule has 1 saturated carbocycles. The lowest BCUT2D eigenvalue weighted by Gasteiger charge is -2.46. The largest absolute Gasteiger partial charge is 0.472 e. The molecule has 1 fully saturated rings. The molecule has 2 atom stereocenters. The van der Waals surface area contributed by atoms with Crippen LogP contribution in [0.5, 0.6) is 0 Å². The number of benzene rings is 1. The third kappa shape index (κ3) is 1.68. The van der Waals surface area contributed by atoms with Gasteiger partial charge in [-0.15, -0.1) is 0 Å². The van der Waals surface area contributed by atoms with E-state index in [4.69, 9.17) is 4.74 Å². The molecule has 0 aromatic heterocycles. The Bertz CT molecular complexity index is 761. The number of allylic oxidation sites excluding steroid dienone is 2. The van der Waals surface area contributed by atoms with E-state index >= 15 is 0 Å². The number of hydrogen-bond acceptors (Lipinski definition) is 2. The van der Waals surface area contributed by atoms with Crippen molar-refractivity contribution in [2.45, 2.75) is 50.5 Å². The predicted octanol–water partition coefficient (Wildman–Crippen LogP) is 4.42. The molecule has 118 valence electrons. The first kappa shape index (κ1) is 13.4. The molecule has 4 aliphatic rings.